The third kappa shape index (κ3) is 6.92. The molecule has 2 N–H and O–H groups in total. The number of anilines is 2. The van der Waals surface area contributed by atoms with Gasteiger partial charge in [0.05, 0.1) is 11.5 Å². The lowest BCUT2D eigenvalue weighted by Crippen LogP contribution is -2.18. The van der Waals surface area contributed by atoms with E-state index in [0.717, 1.165) is 15.8 Å². The Morgan fingerprint density at radius 1 is 0.960 bits per heavy atom. The molecule has 0 saturated heterocycles. The van der Waals surface area contributed by atoms with Gasteiger partial charge in [0.25, 0.3) is 0 Å². The van der Waals surface area contributed by atoms with E-state index in [9.17, 15) is 9.59 Å². The smallest absolute Gasteiger partial charge is 0.234 e. The highest BCUT2D eigenvalue weighted by Gasteiger charge is 2.08. The van der Waals surface area contributed by atoms with E-state index < -0.39 is 0 Å². The Balaban J connectivity index is 1.75. The van der Waals surface area contributed by atoms with Gasteiger partial charge in [-0.15, -0.1) is 11.8 Å². The van der Waals surface area contributed by atoms with E-state index >= 15 is 0 Å². The topological polar surface area (TPSA) is 58.2 Å². The molecule has 0 aliphatic rings. The molecule has 4 nitrogen and oxygen atoms in total. The first-order chi connectivity index (χ1) is 11.9. The molecule has 25 heavy (non-hydrogen) atoms. The van der Waals surface area contributed by atoms with Crippen molar-refractivity contribution in [3.8, 4) is 0 Å². The largest absolute Gasteiger partial charge is 0.325 e. The number of benzene rings is 2. The molecule has 0 spiro atoms. The van der Waals surface area contributed by atoms with Crippen molar-refractivity contribution in [1.29, 1.82) is 0 Å². The molecule has 2 aromatic carbocycles. The van der Waals surface area contributed by atoms with Crippen LogP contribution in [0.5, 0.6) is 0 Å². The number of amides is 2. The average Bonchev–Trinajstić information content (AvgIpc) is 2.55. The van der Waals surface area contributed by atoms with Crippen LogP contribution >= 0.6 is 27.7 Å². The molecule has 0 atom stereocenters. The molecule has 6 heteroatoms. The number of carbonyl (C=O) groups excluding carboxylic acids is 2. The van der Waals surface area contributed by atoms with Crippen molar-refractivity contribution in [2.24, 2.45) is 0 Å². The van der Waals surface area contributed by atoms with Gasteiger partial charge >= 0.3 is 0 Å². The van der Waals surface area contributed by atoms with Crippen molar-refractivity contribution >= 4 is 50.9 Å². The van der Waals surface area contributed by atoms with Gasteiger partial charge in [-0.05, 0) is 41.8 Å². The minimum absolute atomic E-state index is 0.110. The lowest BCUT2D eigenvalue weighted by atomic mass is 10.0. The van der Waals surface area contributed by atoms with Gasteiger partial charge in [-0.2, -0.15) is 0 Å². The zero-order chi connectivity index (χ0) is 18.2. The van der Waals surface area contributed by atoms with Crippen molar-refractivity contribution in [3.05, 3.63) is 58.6 Å². The van der Waals surface area contributed by atoms with Crippen LogP contribution in [-0.4, -0.2) is 23.3 Å². The molecule has 0 fully saturated rings. The van der Waals surface area contributed by atoms with Gasteiger partial charge in [-0.25, -0.2) is 0 Å². The van der Waals surface area contributed by atoms with Crippen LogP contribution in [0.25, 0.3) is 0 Å². The summed E-state index contributed by atoms with van der Waals surface area (Å²) in [5.41, 5.74) is 2.70. The van der Waals surface area contributed by atoms with Gasteiger partial charge in [-0.1, -0.05) is 48.0 Å². The van der Waals surface area contributed by atoms with Gasteiger partial charge < -0.3 is 10.6 Å². The normalized spacial score (nSPS) is 10.6. The Morgan fingerprint density at radius 3 is 2.08 bits per heavy atom. The van der Waals surface area contributed by atoms with Gasteiger partial charge in [0.15, 0.2) is 0 Å². The Hall–Kier alpha value is -1.79. The second kappa shape index (κ2) is 9.63. The lowest BCUT2D eigenvalue weighted by Gasteiger charge is -2.09. The maximum absolute atomic E-state index is 12.0. The Labute approximate surface area is 160 Å². The third-order valence-corrected chi connectivity index (χ3v) is 4.84. The maximum Gasteiger partial charge on any atom is 0.234 e. The summed E-state index contributed by atoms with van der Waals surface area (Å²) in [6.45, 7) is 4.22. The van der Waals surface area contributed by atoms with Crippen LogP contribution in [0.4, 0.5) is 11.4 Å². The van der Waals surface area contributed by atoms with Crippen molar-refractivity contribution in [2.75, 3.05) is 22.1 Å². The third-order valence-electron chi connectivity index (χ3n) is 3.41. The summed E-state index contributed by atoms with van der Waals surface area (Å²) in [6, 6.07) is 15.2. The van der Waals surface area contributed by atoms with Crippen LogP contribution in [0.15, 0.2) is 53.0 Å². The average molecular weight is 421 g/mol. The quantitative estimate of drug-likeness (QED) is 0.670. The highest BCUT2D eigenvalue weighted by atomic mass is 79.9. The van der Waals surface area contributed by atoms with Gasteiger partial charge in [0, 0.05) is 15.8 Å². The predicted molar refractivity (Wildman–Crippen MR) is 109 cm³/mol. The molecular weight excluding hydrogens is 400 g/mol. The molecule has 0 aliphatic heterocycles. The summed E-state index contributed by atoms with van der Waals surface area (Å²) < 4.78 is 0.904. The summed E-state index contributed by atoms with van der Waals surface area (Å²) in [7, 11) is 0. The standard InChI is InChI=1S/C19H21BrN2O2S/c1-13(2)14-5-3-7-16(9-14)21-18(23)11-25-12-19(24)22-17-8-4-6-15(20)10-17/h3-10,13H,11-12H2,1-2H3,(H,21,23)(H,22,24). The number of nitrogens with one attached hydrogen (secondary N) is 2. The second-order valence-corrected chi connectivity index (χ2v) is 7.78. The first-order valence-electron chi connectivity index (χ1n) is 7.97. The number of hydrogen-bond donors (Lipinski definition) is 2. The molecular formula is C19H21BrN2O2S. The first-order valence-corrected chi connectivity index (χ1v) is 9.92. The highest BCUT2D eigenvalue weighted by molar-refractivity contribution is 9.10. The summed E-state index contributed by atoms with van der Waals surface area (Å²) >= 11 is 4.65. The lowest BCUT2D eigenvalue weighted by molar-refractivity contribution is -0.114. The zero-order valence-electron chi connectivity index (χ0n) is 14.2. The zero-order valence-corrected chi connectivity index (χ0v) is 16.6. The van der Waals surface area contributed by atoms with Gasteiger partial charge in [-0.3, -0.25) is 9.59 Å². The van der Waals surface area contributed by atoms with Crippen LogP contribution in [0, 0.1) is 0 Å². The van der Waals surface area contributed by atoms with Crippen molar-refractivity contribution in [3.63, 3.8) is 0 Å². The maximum atomic E-state index is 12.0. The fourth-order valence-electron chi connectivity index (χ4n) is 2.17. The molecule has 0 aromatic heterocycles. The Kier molecular flexibility index (Phi) is 7.52. The molecule has 0 heterocycles. The Morgan fingerprint density at radius 2 is 1.52 bits per heavy atom. The fraction of sp³-hybridized carbons (Fsp3) is 0.263. The number of thioether (sulfide) groups is 1. The molecule has 0 saturated carbocycles. The first kappa shape index (κ1) is 19.5. The minimum Gasteiger partial charge on any atom is -0.325 e. The second-order valence-electron chi connectivity index (χ2n) is 5.88. The molecule has 2 amide bonds. The van der Waals surface area contributed by atoms with Crippen LogP contribution in [-0.2, 0) is 9.59 Å². The van der Waals surface area contributed by atoms with E-state index in [2.05, 4.69) is 40.4 Å². The van der Waals surface area contributed by atoms with E-state index in [1.165, 1.54) is 17.3 Å². The molecule has 2 rings (SSSR count). The van der Waals surface area contributed by atoms with E-state index in [1.807, 2.05) is 48.5 Å². The monoisotopic (exact) mass is 420 g/mol. The van der Waals surface area contributed by atoms with Crippen LogP contribution < -0.4 is 10.6 Å². The molecule has 0 aliphatic carbocycles. The van der Waals surface area contributed by atoms with Gasteiger partial charge in [0.2, 0.25) is 11.8 Å². The number of halogens is 1. The van der Waals surface area contributed by atoms with Crippen molar-refractivity contribution in [2.45, 2.75) is 19.8 Å². The van der Waals surface area contributed by atoms with Crippen LogP contribution in [0.3, 0.4) is 0 Å². The molecule has 0 bridgehead atoms. The summed E-state index contributed by atoms with van der Waals surface area (Å²) in [5, 5.41) is 5.68. The molecule has 132 valence electrons. The highest BCUT2D eigenvalue weighted by Crippen LogP contribution is 2.19. The van der Waals surface area contributed by atoms with Crippen molar-refractivity contribution in [1.82, 2.24) is 0 Å². The number of carbonyl (C=O) groups is 2. The minimum atomic E-state index is -0.127. The SMILES string of the molecule is CC(C)c1cccc(NC(=O)CSCC(=O)Nc2cccc(Br)c2)c1. The predicted octanol–water partition coefficient (Wildman–Crippen LogP) is 4.88. The number of hydrogen-bond acceptors (Lipinski definition) is 3. The fourth-order valence-corrected chi connectivity index (χ4v) is 3.19. The van der Waals surface area contributed by atoms with E-state index in [4.69, 9.17) is 0 Å². The van der Waals surface area contributed by atoms with Crippen LogP contribution in [0.2, 0.25) is 0 Å². The number of rotatable bonds is 7. The molecule has 0 unspecified atom stereocenters. The van der Waals surface area contributed by atoms with Gasteiger partial charge in [0.1, 0.15) is 0 Å². The molecule has 0 radical (unpaired) electrons. The van der Waals surface area contributed by atoms with E-state index in [1.54, 1.807) is 0 Å². The summed E-state index contributed by atoms with van der Waals surface area (Å²) in [5.74, 6) is 0.635. The Bertz CT molecular complexity index is 750. The molecule has 2 aromatic rings. The summed E-state index contributed by atoms with van der Waals surface area (Å²) in [4.78, 5) is 23.9. The van der Waals surface area contributed by atoms with Crippen molar-refractivity contribution < 1.29 is 9.59 Å². The van der Waals surface area contributed by atoms with Crippen LogP contribution in [0.1, 0.15) is 25.3 Å². The summed E-state index contributed by atoms with van der Waals surface area (Å²) in [6.07, 6.45) is 0. The van der Waals surface area contributed by atoms with E-state index in [-0.39, 0.29) is 23.3 Å². The van der Waals surface area contributed by atoms with E-state index in [0.29, 0.717) is 5.92 Å².